The third-order valence-electron chi connectivity index (χ3n) is 9.47. The molecule has 0 saturated heterocycles. The number of ether oxygens (including phenoxy) is 2. The van der Waals surface area contributed by atoms with Gasteiger partial charge in [-0.1, -0.05) is 30.7 Å². The van der Waals surface area contributed by atoms with Gasteiger partial charge in [0, 0.05) is 78.7 Å². The van der Waals surface area contributed by atoms with Crippen molar-refractivity contribution in [3.63, 3.8) is 0 Å². The van der Waals surface area contributed by atoms with Gasteiger partial charge in [0.25, 0.3) is 0 Å². The fraction of sp³-hybridized carbons (Fsp3) is 0.351. The van der Waals surface area contributed by atoms with E-state index >= 15 is 0 Å². The van der Waals surface area contributed by atoms with Crippen LogP contribution in [0.5, 0.6) is 5.75 Å². The highest BCUT2D eigenvalue weighted by atomic mass is 35.5. The molecule has 0 saturated carbocycles. The molecule has 10 nitrogen and oxygen atoms in total. The van der Waals surface area contributed by atoms with E-state index < -0.39 is 0 Å². The molecule has 8 bridgehead atoms. The quantitative estimate of drug-likeness (QED) is 0.175. The summed E-state index contributed by atoms with van der Waals surface area (Å²) in [7, 11) is 7.33. The fourth-order valence-corrected chi connectivity index (χ4v) is 8.31. The van der Waals surface area contributed by atoms with E-state index in [-0.39, 0.29) is 5.97 Å². The third kappa shape index (κ3) is 6.08. The summed E-state index contributed by atoms with van der Waals surface area (Å²) >= 11 is 8.86. The maximum Gasteiger partial charge on any atom is 0.354 e. The van der Waals surface area contributed by atoms with E-state index in [1.165, 1.54) is 7.11 Å². The van der Waals surface area contributed by atoms with Gasteiger partial charge in [0.1, 0.15) is 17.0 Å². The van der Waals surface area contributed by atoms with Crippen molar-refractivity contribution in [2.45, 2.75) is 50.4 Å². The molecule has 0 fully saturated rings. The fourth-order valence-electron chi connectivity index (χ4n) is 7.08. The summed E-state index contributed by atoms with van der Waals surface area (Å²) in [4.78, 5) is 21.5. The van der Waals surface area contributed by atoms with Crippen LogP contribution in [0.1, 0.15) is 52.2 Å². The highest BCUT2D eigenvalue weighted by Gasteiger charge is 2.28. The molecule has 49 heavy (non-hydrogen) atoms. The Balaban J connectivity index is 1.40. The molecule has 5 heterocycles. The Labute approximate surface area is 294 Å². The summed E-state index contributed by atoms with van der Waals surface area (Å²) in [6.45, 7) is 6.76. The molecule has 0 N–H and O–H groups in total. The summed E-state index contributed by atoms with van der Waals surface area (Å²) in [6, 6.07) is 14.4. The maximum absolute atomic E-state index is 13.4. The van der Waals surface area contributed by atoms with E-state index in [9.17, 15) is 4.79 Å². The van der Waals surface area contributed by atoms with E-state index in [4.69, 9.17) is 31.3 Å². The number of thioether (sulfide) groups is 1. The summed E-state index contributed by atoms with van der Waals surface area (Å²) < 4.78 is 17.6. The number of aryl methyl sites for hydroxylation is 5. The molecule has 1 aliphatic rings. The third-order valence-corrected chi connectivity index (χ3v) is 10.8. The van der Waals surface area contributed by atoms with Gasteiger partial charge in [-0.3, -0.25) is 19.2 Å². The SMILES string of the molecule is CCN1Cc2cc(n(C)n2)CSc2cc(c3ncccc3c2)OCCCc2c(C(=O)OC)n(C)c3c(c(Cl)ccc23)-c2c(C)nn(C)c2C1. The number of fused-ring (bicyclic) bond motifs is 8. The van der Waals surface area contributed by atoms with Crippen LogP contribution in [0.25, 0.3) is 32.9 Å². The first-order valence-corrected chi connectivity index (χ1v) is 17.8. The summed E-state index contributed by atoms with van der Waals surface area (Å²) in [6.07, 6.45) is 3.07. The predicted octanol–water partition coefficient (Wildman–Crippen LogP) is 7.25. The van der Waals surface area contributed by atoms with Gasteiger partial charge >= 0.3 is 5.97 Å². The van der Waals surface area contributed by atoms with Gasteiger partial charge < -0.3 is 14.0 Å². The zero-order valence-corrected chi connectivity index (χ0v) is 30.3. The zero-order chi connectivity index (χ0) is 34.4. The molecule has 0 amide bonds. The standard InChI is InChI=1S/C37H40ClN7O3S/c1-7-45-19-24-17-25(43(4)41-24)21-49-26-16-23-10-8-14-39-34(23)31(18-26)48-15-9-11-27-28-12-13-29(38)33(32-22(2)40-44(5)30(32)20-45)35(28)42(3)36(27)37(46)47-6/h8,10,12-14,16-18H,7,9,11,15,19-21H2,1-6H3. The van der Waals surface area contributed by atoms with Gasteiger partial charge in [0.05, 0.1) is 41.3 Å². The number of hydrogen-bond donors (Lipinski definition) is 0. The molecular formula is C37H40ClN7O3S. The van der Waals surface area contributed by atoms with Crippen molar-refractivity contribution in [3.05, 3.63) is 87.7 Å². The van der Waals surface area contributed by atoms with Crippen LogP contribution in [0.15, 0.2) is 53.6 Å². The number of aromatic nitrogens is 6. The molecule has 254 valence electrons. The molecule has 0 radical (unpaired) electrons. The first-order valence-electron chi connectivity index (χ1n) is 16.5. The Morgan fingerprint density at radius 2 is 1.90 bits per heavy atom. The number of methoxy groups -OCH3 is 1. The van der Waals surface area contributed by atoms with Crippen molar-refractivity contribution in [2.24, 2.45) is 21.1 Å². The Morgan fingerprint density at radius 1 is 1.06 bits per heavy atom. The number of hydrogen-bond acceptors (Lipinski definition) is 8. The topological polar surface area (TPSA) is 92.2 Å². The number of halogens is 1. The lowest BCUT2D eigenvalue weighted by Crippen LogP contribution is -2.24. The molecule has 0 unspecified atom stereocenters. The van der Waals surface area contributed by atoms with Gasteiger partial charge in [-0.15, -0.1) is 11.8 Å². The second-order valence-electron chi connectivity index (χ2n) is 12.5. The lowest BCUT2D eigenvalue weighted by atomic mass is 9.97. The minimum atomic E-state index is -0.388. The van der Waals surface area contributed by atoms with Gasteiger partial charge in [0.15, 0.2) is 0 Å². The highest BCUT2D eigenvalue weighted by molar-refractivity contribution is 7.98. The normalized spacial score (nSPS) is 14.5. The van der Waals surface area contributed by atoms with Gasteiger partial charge in [-0.25, -0.2) is 4.79 Å². The van der Waals surface area contributed by atoms with Crippen LogP contribution in [0.3, 0.4) is 0 Å². The average Bonchev–Trinajstić information content (AvgIpc) is 3.69. The van der Waals surface area contributed by atoms with E-state index in [2.05, 4.69) is 41.1 Å². The van der Waals surface area contributed by atoms with Gasteiger partial charge in [-0.05, 0) is 62.2 Å². The summed E-state index contributed by atoms with van der Waals surface area (Å²) in [5.41, 5.74) is 9.04. The van der Waals surface area contributed by atoms with Crippen LogP contribution in [0.2, 0.25) is 5.02 Å². The molecule has 4 aromatic heterocycles. The first-order chi connectivity index (χ1) is 23.7. The maximum atomic E-state index is 13.4. The molecule has 0 spiro atoms. The van der Waals surface area contributed by atoms with Gasteiger partial charge in [0.2, 0.25) is 0 Å². The first kappa shape index (κ1) is 33.2. The number of nitrogens with zero attached hydrogens (tertiary/aromatic N) is 7. The lowest BCUT2D eigenvalue weighted by molar-refractivity contribution is 0.0589. The number of rotatable bonds is 2. The molecule has 2 aromatic carbocycles. The second-order valence-corrected chi connectivity index (χ2v) is 14.0. The Hall–Kier alpha value is -4.32. The molecule has 12 heteroatoms. The molecule has 1 aliphatic heterocycles. The van der Waals surface area contributed by atoms with E-state index in [1.54, 1.807) is 18.0 Å². The average molecular weight is 698 g/mol. The largest absolute Gasteiger partial charge is 0.491 e. The predicted molar refractivity (Wildman–Crippen MR) is 194 cm³/mol. The van der Waals surface area contributed by atoms with E-state index in [1.807, 2.05) is 60.2 Å². The number of carbonyl (C=O) groups is 1. The minimum absolute atomic E-state index is 0.388. The Morgan fingerprint density at radius 3 is 2.69 bits per heavy atom. The van der Waals surface area contributed by atoms with Crippen LogP contribution in [0.4, 0.5) is 0 Å². The summed E-state index contributed by atoms with van der Waals surface area (Å²) in [5.74, 6) is 1.12. The van der Waals surface area contributed by atoms with Crippen molar-refractivity contribution < 1.29 is 14.3 Å². The van der Waals surface area contributed by atoms with Crippen LogP contribution in [-0.4, -0.2) is 60.2 Å². The van der Waals surface area contributed by atoms with Crippen molar-refractivity contribution in [1.29, 1.82) is 0 Å². The number of pyridine rings is 1. The van der Waals surface area contributed by atoms with Crippen molar-refractivity contribution in [2.75, 3.05) is 20.3 Å². The summed E-state index contributed by atoms with van der Waals surface area (Å²) in [5, 5.41) is 12.4. The van der Waals surface area contributed by atoms with E-state index in [0.717, 1.165) is 84.2 Å². The number of carbonyl (C=O) groups excluding carboxylic acids is 1. The molecule has 6 aromatic rings. The monoisotopic (exact) mass is 697 g/mol. The number of benzene rings is 2. The van der Waals surface area contributed by atoms with Crippen molar-refractivity contribution in [1.82, 2.24) is 34.0 Å². The zero-order valence-electron chi connectivity index (χ0n) is 28.7. The van der Waals surface area contributed by atoms with Crippen molar-refractivity contribution in [3.8, 4) is 16.9 Å². The molecule has 7 rings (SSSR count). The highest BCUT2D eigenvalue weighted by Crippen LogP contribution is 2.42. The lowest BCUT2D eigenvalue weighted by Gasteiger charge is -2.21. The Bertz CT molecular complexity index is 2220. The van der Waals surface area contributed by atoms with Crippen LogP contribution in [-0.2, 0) is 51.1 Å². The van der Waals surface area contributed by atoms with Gasteiger partial charge in [-0.2, -0.15) is 10.2 Å². The minimum Gasteiger partial charge on any atom is -0.491 e. The van der Waals surface area contributed by atoms with Crippen LogP contribution in [0, 0.1) is 6.92 Å². The van der Waals surface area contributed by atoms with Crippen molar-refractivity contribution >= 4 is 51.1 Å². The van der Waals surface area contributed by atoms with E-state index in [0.29, 0.717) is 43.3 Å². The van der Waals surface area contributed by atoms with Crippen LogP contribution < -0.4 is 4.74 Å². The second kappa shape index (κ2) is 13.5. The molecule has 0 aliphatic carbocycles. The Kier molecular flexibility index (Phi) is 9.17. The molecular weight excluding hydrogens is 658 g/mol. The molecule has 0 atom stereocenters. The van der Waals surface area contributed by atoms with Crippen LogP contribution >= 0.6 is 23.4 Å². The smallest absolute Gasteiger partial charge is 0.354 e. The number of esters is 1.